The number of allylic oxidation sites excluding steroid dienone is 2. The van der Waals surface area contributed by atoms with Gasteiger partial charge < -0.3 is 9.47 Å². The summed E-state index contributed by atoms with van der Waals surface area (Å²) in [6.07, 6.45) is 9.44. The molecule has 2 unspecified atom stereocenters. The number of ether oxygens (including phenoxy) is 2. The summed E-state index contributed by atoms with van der Waals surface area (Å²) >= 11 is 0. The molecule has 3 aliphatic rings. The molecular weight excluding hydrogens is 497 g/mol. The van der Waals surface area contributed by atoms with Gasteiger partial charge in [-0.3, -0.25) is 10.2 Å². The van der Waals surface area contributed by atoms with Crippen molar-refractivity contribution in [3.8, 4) is 11.8 Å². The van der Waals surface area contributed by atoms with Crippen LogP contribution in [0, 0.1) is 23.1 Å². The normalized spacial score (nSPS) is 21.3. The number of nitrogens with one attached hydrogen (secondary N) is 1. The fourth-order valence-corrected chi connectivity index (χ4v) is 5.58. The molecule has 1 aliphatic carbocycles. The minimum Gasteiger partial charge on any atom is -0.490 e. The molecule has 0 saturated heterocycles. The molecule has 1 aromatic carbocycles. The monoisotopic (exact) mass is 535 g/mol. The molecule has 39 heavy (non-hydrogen) atoms. The molecule has 9 heteroatoms. The van der Waals surface area contributed by atoms with Crippen LogP contribution in [0.5, 0.6) is 5.75 Å². The third-order valence-electron chi connectivity index (χ3n) is 7.98. The number of hydrogen-bond acceptors (Lipinski definition) is 8. The first-order valence-corrected chi connectivity index (χ1v) is 13.5. The van der Waals surface area contributed by atoms with E-state index in [9.17, 15) is 14.4 Å². The van der Waals surface area contributed by atoms with Gasteiger partial charge in [0.15, 0.2) is 0 Å². The molecule has 8 nitrogen and oxygen atoms in total. The van der Waals surface area contributed by atoms with Crippen molar-refractivity contribution in [3.63, 3.8) is 0 Å². The van der Waals surface area contributed by atoms with Gasteiger partial charge in [-0.1, -0.05) is 25.0 Å². The van der Waals surface area contributed by atoms with E-state index >= 15 is 0 Å². The molecule has 2 aliphatic heterocycles. The van der Waals surface area contributed by atoms with E-state index in [1.807, 2.05) is 31.0 Å². The van der Waals surface area contributed by atoms with Crippen molar-refractivity contribution < 1.29 is 18.7 Å². The lowest BCUT2D eigenvalue weighted by Gasteiger charge is -2.37. The lowest BCUT2D eigenvalue weighted by atomic mass is 9.82. The van der Waals surface area contributed by atoms with Gasteiger partial charge in [0.05, 0.1) is 11.5 Å². The van der Waals surface area contributed by atoms with Crippen LogP contribution < -0.4 is 10.2 Å². The number of amidine groups is 1. The Kier molecular flexibility index (Phi) is 8.55. The van der Waals surface area contributed by atoms with Crippen molar-refractivity contribution in [2.75, 3.05) is 13.7 Å². The summed E-state index contributed by atoms with van der Waals surface area (Å²) in [6, 6.07) is 6.76. The van der Waals surface area contributed by atoms with Gasteiger partial charge in [0.2, 0.25) is 6.29 Å². The van der Waals surface area contributed by atoms with Gasteiger partial charge in [-0.05, 0) is 70.6 Å². The van der Waals surface area contributed by atoms with Crippen LogP contribution in [0.1, 0.15) is 71.8 Å². The SMILES string of the molecule is COC(C/C=C(\C=O)CC1=NC2N=C(C)C=C(C)N2N1)(COc1ccc(C(C)(C)C#N)c(F)c1)C1CCCC1. The zero-order chi connectivity index (χ0) is 28.2. The second-order valence-corrected chi connectivity index (χ2v) is 11.2. The van der Waals surface area contributed by atoms with E-state index in [1.54, 1.807) is 33.1 Å². The number of rotatable bonds is 11. The highest BCUT2D eigenvalue weighted by Crippen LogP contribution is 2.40. The highest BCUT2D eigenvalue weighted by Gasteiger charge is 2.41. The third-order valence-corrected chi connectivity index (χ3v) is 7.98. The standard InChI is InChI=1S/C30H38FN5O3/c1-20-14-21(2)36-28(33-20)34-27(35-36)15-22(17-37)12-13-30(38-5,23-8-6-7-9-23)19-39-24-10-11-25(26(31)16-24)29(3,4)18-32/h10-12,14,16-17,23,28H,6-9,13,15,19H2,1-5H3,(H,34,35)/b22-12-. The number of carbonyl (C=O) groups excluding carboxylic acids is 1. The van der Waals surface area contributed by atoms with Crippen LogP contribution in [-0.4, -0.2) is 48.4 Å². The predicted molar refractivity (Wildman–Crippen MR) is 149 cm³/mol. The van der Waals surface area contributed by atoms with E-state index in [0.29, 0.717) is 35.6 Å². The first kappa shape index (κ1) is 28.5. The Hall–Kier alpha value is -3.51. The van der Waals surface area contributed by atoms with Crippen LogP contribution in [0.3, 0.4) is 0 Å². The van der Waals surface area contributed by atoms with Crippen molar-refractivity contribution in [1.82, 2.24) is 10.4 Å². The molecule has 208 valence electrons. The second kappa shape index (κ2) is 11.7. The third kappa shape index (κ3) is 6.22. The number of carbonyl (C=O) groups is 1. The molecule has 2 atom stereocenters. The van der Waals surface area contributed by atoms with E-state index in [2.05, 4.69) is 21.5 Å². The number of aliphatic imine (C=N–C) groups is 2. The number of nitrogens with zero attached hydrogens (tertiary/aromatic N) is 4. The molecule has 0 spiro atoms. The van der Waals surface area contributed by atoms with Crippen molar-refractivity contribution in [2.45, 2.75) is 83.5 Å². The van der Waals surface area contributed by atoms with Crippen LogP contribution in [0.15, 0.2) is 51.6 Å². The first-order valence-electron chi connectivity index (χ1n) is 13.5. The van der Waals surface area contributed by atoms with Crippen molar-refractivity contribution in [1.29, 1.82) is 5.26 Å². The fraction of sp³-hybridized carbons (Fsp3) is 0.533. The molecule has 1 saturated carbocycles. The number of hydrazine groups is 1. The number of halogens is 1. The summed E-state index contributed by atoms with van der Waals surface area (Å²) in [5, 5.41) is 11.3. The van der Waals surface area contributed by atoms with Crippen LogP contribution in [0.2, 0.25) is 0 Å². The zero-order valence-corrected chi connectivity index (χ0v) is 23.5. The zero-order valence-electron chi connectivity index (χ0n) is 23.5. The van der Waals surface area contributed by atoms with E-state index < -0.39 is 16.8 Å². The van der Waals surface area contributed by atoms with Crippen molar-refractivity contribution in [2.24, 2.45) is 15.9 Å². The summed E-state index contributed by atoms with van der Waals surface area (Å²) in [5.41, 5.74) is 4.50. The number of aldehydes is 1. The van der Waals surface area contributed by atoms with Crippen molar-refractivity contribution in [3.05, 3.63) is 53.0 Å². The topological polar surface area (TPSA) is 99.3 Å². The average Bonchev–Trinajstić information content (AvgIpc) is 3.59. The van der Waals surface area contributed by atoms with Crippen LogP contribution in [-0.2, 0) is 14.9 Å². The van der Waals surface area contributed by atoms with Gasteiger partial charge in [0.25, 0.3) is 0 Å². The lowest BCUT2D eigenvalue weighted by Crippen LogP contribution is -2.44. The Morgan fingerprint density at radius 1 is 1.28 bits per heavy atom. The van der Waals surface area contributed by atoms with Gasteiger partial charge in [0.1, 0.15) is 35.9 Å². The molecule has 0 amide bonds. The predicted octanol–water partition coefficient (Wildman–Crippen LogP) is 5.37. The number of hydrogen-bond donors (Lipinski definition) is 1. The summed E-state index contributed by atoms with van der Waals surface area (Å²) in [6.45, 7) is 7.51. The Balaban J connectivity index is 1.50. The van der Waals surface area contributed by atoms with E-state index in [4.69, 9.17) is 9.47 Å². The van der Waals surface area contributed by atoms with Crippen LogP contribution in [0.25, 0.3) is 0 Å². The summed E-state index contributed by atoms with van der Waals surface area (Å²) < 4.78 is 27.1. The molecule has 2 heterocycles. The highest BCUT2D eigenvalue weighted by molar-refractivity contribution is 5.96. The largest absolute Gasteiger partial charge is 0.490 e. The average molecular weight is 536 g/mol. The number of nitriles is 1. The molecule has 1 fully saturated rings. The quantitative estimate of drug-likeness (QED) is 0.302. The molecule has 0 bridgehead atoms. The minimum atomic E-state index is -0.938. The molecule has 1 aromatic rings. The van der Waals surface area contributed by atoms with E-state index in [-0.39, 0.29) is 18.8 Å². The summed E-state index contributed by atoms with van der Waals surface area (Å²) in [5.74, 6) is 0.830. The van der Waals surface area contributed by atoms with Gasteiger partial charge in [0, 0.05) is 36.6 Å². The maximum Gasteiger partial charge on any atom is 0.235 e. The summed E-state index contributed by atoms with van der Waals surface area (Å²) in [4.78, 5) is 21.3. The van der Waals surface area contributed by atoms with Gasteiger partial charge in [-0.2, -0.15) is 5.26 Å². The minimum absolute atomic E-state index is 0.213. The Labute approximate surface area is 230 Å². The summed E-state index contributed by atoms with van der Waals surface area (Å²) in [7, 11) is 1.67. The van der Waals surface area contributed by atoms with Gasteiger partial charge >= 0.3 is 0 Å². The molecular formula is C30H38FN5O3. The van der Waals surface area contributed by atoms with Crippen molar-refractivity contribution >= 4 is 17.8 Å². The van der Waals surface area contributed by atoms with Crippen LogP contribution >= 0.6 is 0 Å². The second-order valence-electron chi connectivity index (χ2n) is 11.2. The molecule has 0 aromatic heterocycles. The molecule has 0 radical (unpaired) electrons. The Morgan fingerprint density at radius 3 is 2.67 bits per heavy atom. The highest BCUT2D eigenvalue weighted by atomic mass is 19.1. The smallest absolute Gasteiger partial charge is 0.235 e. The fourth-order valence-electron chi connectivity index (χ4n) is 5.58. The molecule has 1 N–H and O–H groups in total. The number of fused-ring (bicyclic) bond motifs is 1. The maximum absolute atomic E-state index is 14.8. The Bertz CT molecular complexity index is 1260. The van der Waals surface area contributed by atoms with Crippen LogP contribution in [0.4, 0.5) is 4.39 Å². The maximum atomic E-state index is 14.8. The Morgan fingerprint density at radius 2 is 2.03 bits per heavy atom. The van der Waals surface area contributed by atoms with E-state index in [0.717, 1.165) is 43.4 Å². The first-order chi connectivity index (χ1) is 18.6. The van der Waals surface area contributed by atoms with Gasteiger partial charge in [-0.25, -0.2) is 19.4 Å². The number of methoxy groups -OCH3 is 1. The number of benzene rings is 1. The molecule has 4 rings (SSSR count). The van der Waals surface area contributed by atoms with Gasteiger partial charge in [-0.15, -0.1) is 0 Å². The van der Waals surface area contributed by atoms with E-state index in [1.165, 1.54) is 6.07 Å². The lowest BCUT2D eigenvalue weighted by molar-refractivity contribution is -0.105.